The van der Waals surface area contributed by atoms with Crippen molar-refractivity contribution in [3.8, 4) is 0 Å². The molecule has 0 bridgehead atoms. The molecule has 1 unspecified atom stereocenters. The number of likely N-dealkylation sites (tertiary alicyclic amines) is 1. The van der Waals surface area contributed by atoms with Gasteiger partial charge in [-0.15, -0.1) is 0 Å². The number of rotatable bonds is 4. The lowest BCUT2D eigenvalue weighted by molar-refractivity contribution is 0.0922. The van der Waals surface area contributed by atoms with Crippen molar-refractivity contribution in [3.05, 3.63) is 23.7 Å². The van der Waals surface area contributed by atoms with Gasteiger partial charge in [0.25, 0.3) is 0 Å². The molecule has 2 heterocycles. The lowest BCUT2D eigenvalue weighted by Crippen LogP contribution is -2.29. The highest BCUT2D eigenvalue weighted by molar-refractivity contribution is 5.90. The smallest absolute Gasteiger partial charge is 0.300 e. The molecule has 1 saturated heterocycles. The van der Waals surface area contributed by atoms with Gasteiger partial charge < -0.3 is 10.2 Å². The van der Waals surface area contributed by atoms with Crippen molar-refractivity contribution < 1.29 is 9.21 Å². The molecule has 2 rings (SSSR count). The van der Waals surface area contributed by atoms with Crippen molar-refractivity contribution in [1.29, 1.82) is 0 Å². The van der Waals surface area contributed by atoms with Crippen LogP contribution in [0.2, 0.25) is 0 Å². The fourth-order valence-corrected chi connectivity index (χ4v) is 2.13. The number of nitrogens with one attached hydrogen (secondary N) is 1. The molecule has 1 aromatic rings. The number of hydrazine groups is 1. The number of nitrogens with two attached hydrogens (primary N) is 2. The van der Waals surface area contributed by atoms with E-state index in [4.69, 9.17) is 16.0 Å². The molecule has 6 nitrogen and oxygen atoms in total. The molecule has 0 spiro atoms. The Morgan fingerprint density at radius 2 is 2.41 bits per heavy atom. The molecule has 94 valence electrons. The maximum atomic E-state index is 11.2. The van der Waals surface area contributed by atoms with Crippen molar-refractivity contribution in [2.75, 3.05) is 19.6 Å². The molecular weight excluding hydrogens is 220 g/mol. The van der Waals surface area contributed by atoms with Crippen LogP contribution in [0.3, 0.4) is 0 Å². The zero-order valence-electron chi connectivity index (χ0n) is 9.69. The van der Waals surface area contributed by atoms with E-state index >= 15 is 0 Å². The number of hydrogen-bond donors (Lipinski definition) is 3. The lowest BCUT2D eigenvalue weighted by Gasteiger charge is -2.13. The van der Waals surface area contributed by atoms with Gasteiger partial charge in [0.05, 0.1) is 6.54 Å². The lowest BCUT2D eigenvalue weighted by atomic mass is 10.1. The summed E-state index contributed by atoms with van der Waals surface area (Å²) in [6.45, 7) is 3.47. The van der Waals surface area contributed by atoms with E-state index in [1.165, 1.54) is 0 Å². The predicted molar refractivity (Wildman–Crippen MR) is 62.8 cm³/mol. The molecule has 1 aromatic heterocycles. The van der Waals surface area contributed by atoms with E-state index in [2.05, 4.69) is 4.90 Å². The standard InChI is InChI=1S/C11H18N4O2/c12-5-8-3-4-15(6-8)7-9-1-2-10(17-9)11(16)14-13/h1-2,8H,3-7,12-13H2,(H,14,16). The Balaban J connectivity index is 1.91. The number of hydrogen-bond acceptors (Lipinski definition) is 5. The van der Waals surface area contributed by atoms with Crippen molar-refractivity contribution in [1.82, 2.24) is 10.3 Å². The van der Waals surface area contributed by atoms with Crippen LogP contribution >= 0.6 is 0 Å². The monoisotopic (exact) mass is 238 g/mol. The molecule has 0 saturated carbocycles. The summed E-state index contributed by atoms with van der Waals surface area (Å²) >= 11 is 0. The maximum Gasteiger partial charge on any atom is 0.300 e. The third-order valence-corrected chi connectivity index (χ3v) is 3.10. The van der Waals surface area contributed by atoms with Crippen LogP contribution in [0.5, 0.6) is 0 Å². The molecule has 17 heavy (non-hydrogen) atoms. The first-order chi connectivity index (χ1) is 8.22. The minimum atomic E-state index is -0.405. The van der Waals surface area contributed by atoms with Gasteiger partial charge in [0, 0.05) is 6.54 Å². The summed E-state index contributed by atoms with van der Waals surface area (Å²) in [6, 6.07) is 3.44. The molecule has 0 aliphatic carbocycles. The fourth-order valence-electron chi connectivity index (χ4n) is 2.13. The van der Waals surface area contributed by atoms with Gasteiger partial charge in [-0.25, -0.2) is 5.84 Å². The van der Waals surface area contributed by atoms with Crippen LogP contribution < -0.4 is 17.0 Å². The van der Waals surface area contributed by atoms with E-state index in [0.717, 1.165) is 31.8 Å². The normalized spacial score (nSPS) is 20.7. The zero-order chi connectivity index (χ0) is 12.3. The Bertz CT molecular complexity index is 391. The molecular formula is C11H18N4O2. The number of furan rings is 1. The summed E-state index contributed by atoms with van der Waals surface area (Å²) in [7, 11) is 0. The maximum absolute atomic E-state index is 11.2. The zero-order valence-corrected chi connectivity index (χ0v) is 9.69. The molecule has 0 radical (unpaired) electrons. The first-order valence-corrected chi connectivity index (χ1v) is 5.75. The number of nitrogen functional groups attached to an aromatic ring is 1. The molecule has 0 aromatic carbocycles. The van der Waals surface area contributed by atoms with Crippen LogP contribution in [-0.4, -0.2) is 30.4 Å². The average molecular weight is 238 g/mol. The second-order valence-corrected chi connectivity index (χ2v) is 4.36. The molecule has 1 fully saturated rings. The van der Waals surface area contributed by atoms with Gasteiger partial charge in [-0.2, -0.15) is 0 Å². The van der Waals surface area contributed by atoms with Crippen molar-refractivity contribution in [2.45, 2.75) is 13.0 Å². The second kappa shape index (κ2) is 5.31. The molecule has 1 aliphatic rings. The van der Waals surface area contributed by atoms with E-state index in [1.807, 2.05) is 5.43 Å². The summed E-state index contributed by atoms with van der Waals surface area (Å²) in [4.78, 5) is 13.5. The Hall–Kier alpha value is -1.37. The Morgan fingerprint density at radius 1 is 1.59 bits per heavy atom. The minimum Gasteiger partial charge on any atom is -0.455 e. The highest BCUT2D eigenvalue weighted by Crippen LogP contribution is 2.18. The Labute approximate surface area is 99.9 Å². The third-order valence-electron chi connectivity index (χ3n) is 3.10. The van der Waals surface area contributed by atoms with Crippen LogP contribution in [-0.2, 0) is 6.54 Å². The van der Waals surface area contributed by atoms with Crippen LogP contribution in [0.15, 0.2) is 16.5 Å². The molecule has 6 heteroatoms. The summed E-state index contributed by atoms with van der Waals surface area (Å²) in [5, 5.41) is 0. The molecule has 1 atom stereocenters. The first kappa shape index (κ1) is 12.1. The van der Waals surface area contributed by atoms with Gasteiger partial charge in [0.1, 0.15) is 5.76 Å². The van der Waals surface area contributed by atoms with Crippen molar-refractivity contribution in [3.63, 3.8) is 0 Å². The minimum absolute atomic E-state index is 0.247. The largest absolute Gasteiger partial charge is 0.455 e. The van der Waals surface area contributed by atoms with E-state index in [9.17, 15) is 4.79 Å². The van der Waals surface area contributed by atoms with E-state index < -0.39 is 5.91 Å². The van der Waals surface area contributed by atoms with Crippen molar-refractivity contribution in [2.24, 2.45) is 17.5 Å². The molecule has 1 amide bonds. The third kappa shape index (κ3) is 2.85. The highest BCUT2D eigenvalue weighted by Gasteiger charge is 2.22. The first-order valence-electron chi connectivity index (χ1n) is 5.75. The summed E-state index contributed by atoms with van der Waals surface area (Å²) in [5.74, 6) is 6.23. The summed E-state index contributed by atoms with van der Waals surface area (Å²) in [6.07, 6.45) is 1.13. The van der Waals surface area contributed by atoms with Gasteiger partial charge in [0.15, 0.2) is 5.76 Å². The van der Waals surface area contributed by atoms with E-state index in [1.54, 1.807) is 12.1 Å². The van der Waals surface area contributed by atoms with Crippen LogP contribution in [0.1, 0.15) is 22.7 Å². The quantitative estimate of drug-likeness (QED) is 0.379. The van der Waals surface area contributed by atoms with Gasteiger partial charge >= 0.3 is 5.91 Å². The Kier molecular flexibility index (Phi) is 3.78. The van der Waals surface area contributed by atoms with Gasteiger partial charge in [-0.3, -0.25) is 15.1 Å². The summed E-state index contributed by atoms with van der Waals surface area (Å²) < 4.78 is 5.40. The number of carbonyl (C=O) groups is 1. The number of amides is 1. The SMILES string of the molecule is NCC1CCN(Cc2ccc(C(=O)NN)o2)C1. The van der Waals surface area contributed by atoms with Crippen molar-refractivity contribution >= 4 is 5.91 Å². The fraction of sp³-hybridized carbons (Fsp3) is 0.545. The van der Waals surface area contributed by atoms with Crippen LogP contribution in [0.4, 0.5) is 0 Å². The van der Waals surface area contributed by atoms with E-state index in [-0.39, 0.29) is 5.76 Å². The van der Waals surface area contributed by atoms with Gasteiger partial charge in [-0.1, -0.05) is 0 Å². The second-order valence-electron chi connectivity index (χ2n) is 4.36. The predicted octanol–water partition coefficient (Wildman–Crippen LogP) is -0.336. The number of nitrogens with zero attached hydrogens (tertiary/aromatic N) is 1. The van der Waals surface area contributed by atoms with Crippen LogP contribution in [0.25, 0.3) is 0 Å². The van der Waals surface area contributed by atoms with E-state index in [0.29, 0.717) is 12.5 Å². The van der Waals surface area contributed by atoms with Gasteiger partial charge in [0.2, 0.25) is 0 Å². The average Bonchev–Trinajstić information content (AvgIpc) is 2.97. The number of carbonyl (C=O) groups excluding carboxylic acids is 1. The molecule has 1 aliphatic heterocycles. The molecule has 5 N–H and O–H groups in total. The summed E-state index contributed by atoms with van der Waals surface area (Å²) in [5.41, 5.74) is 7.68. The Morgan fingerprint density at radius 3 is 3.06 bits per heavy atom. The topological polar surface area (TPSA) is 97.5 Å². The highest BCUT2D eigenvalue weighted by atomic mass is 16.4. The van der Waals surface area contributed by atoms with Gasteiger partial charge in [-0.05, 0) is 37.6 Å². The van der Waals surface area contributed by atoms with Crippen LogP contribution in [0, 0.1) is 5.92 Å².